The highest BCUT2D eigenvalue weighted by atomic mass is 16.5. The summed E-state index contributed by atoms with van der Waals surface area (Å²) in [5.74, 6) is -2.98. The van der Waals surface area contributed by atoms with Gasteiger partial charge < -0.3 is 14.8 Å². The largest absolute Gasteiger partial charge is 0.382 e. The van der Waals surface area contributed by atoms with Crippen LogP contribution in [0.25, 0.3) is 0 Å². The molecule has 0 saturated carbocycles. The Kier molecular flexibility index (Phi) is 8.17. The first-order valence-corrected chi connectivity index (χ1v) is 11.5. The number of nitrogens with zero attached hydrogens (tertiary/aromatic N) is 4. The lowest BCUT2D eigenvalue weighted by Gasteiger charge is -2.27. The van der Waals surface area contributed by atoms with E-state index in [0.717, 1.165) is 4.90 Å². The van der Waals surface area contributed by atoms with Gasteiger partial charge in [0.1, 0.15) is 6.04 Å². The van der Waals surface area contributed by atoms with Crippen LogP contribution in [0.1, 0.15) is 44.0 Å². The fourth-order valence-electron chi connectivity index (χ4n) is 3.97. The van der Waals surface area contributed by atoms with Gasteiger partial charge in [0.25, 0.3) is 17.7 Å². The Morgan fingerprint density at radius 3 is 2.65 bits per heavy atom. The summed E-state index contributed by atoms with van der Waals surface area (Å²) in [5, 5.41) is 21.2. The third kappa shape index (κ3) is 5.79. The van der Waals surface area contributed by atoms with Crippen LogP contribution in [0.4, 0.5) is 5.69 Å². The molecule has 4 rings (SSSR count). The number of hydrogen-bond donors (Lipinski definition) is 4. The molecule has 37 heavy (non-hydrogen) atoms. The Bertz CT molecular complexity index is 1210. The molecular weight excluding hydrogens is 490 g/mol. The molecular formula is C22H25N7O8. The van der Waals surface area contributed by atoms with Gasteiger partial charge in [-0.2, -0.15) is 0 Å². The van der Waals surface area contributed by atoms with E-state index in [1.807, 2.05) is 0 Å². The fraction of sp³-hybridized carbons (Fsp3) is 0.409. The van der Waals surface area contributed by atoms with Gasteiger partial charge in [-0.15, -0.1) is 5.10 Å². The van der Waals surface area contributed by atoms with Gasteiger partial charge in [0.15, 0.2) is 5.69 Å². The van der Waals surface area contributed by atoms with Gasteiger partial charge >= 0.3 is 0 Å². The minimum absolute atomic E-state index is 0.0165. The van der Waals surface area contributed by atoms with Crippen LogP contribution in [0.3, 0.4) is 0 Å². The molecule has 2 aliphatic heterocycles. The van der Waals surface area contributed by atoms with E-state index in [0.29, 0.717) is 45.2 Å². The molecule has 2 aromatic rings. The summed E-state index contributed by atoms with van der Waals surface area (Å²) in [7, 11) is 0. The van der Waals surface area contributed by atoms with Crippen molar-refractivity contribution in [1.82, 2.24) is 30.7 Å². The average Bonchev–Trinajstić information content (AvgIpc) is 3.46. The number of rotatable bonds is 12. The second-order valence-corrected chi connectivity index (χ2v) is 8.13. The van der Waals surface area contributed by atoms with E-state index in [2.05, 4.69) is 20.9 Å². The van der Waals surface area contributed by atoms with E-state index in [1.165, 1.54) is 22.4 Å². The predicted molar refractivity (Wildman–Crippen MR) is 123 cm³/mol. The summed E-state index contributed by atoms with van der Waals surface area (Å²) in [6, 6.07) is 3.82. The zero-order chi connectivity index (χ0) is 26.4. The minimum Gasteiger partial charge on any atom is -0.382 e. The molecule has 1 atom stereocenters. The highest BCUT2D eigenvalue weighted by Gasteiger charge is 2.45. The van der Waals surface area contributed by atoms with Gasteiger partial charge in [-0.3, -0.25) is 39.4 Å². The highest BCUT2D eigenvalue weighted by Crippen LogP contribution is 2.32. The molecule has 1 saturated heterocycles. The number of imide groups is 2. The summed E-state index contributed by atoms with van der Waals surface area (Å²) < 4.78 is 12.4. The van der Waals surface area contributed by atoms with E-state index >= 15 is 0 Å². The minimum atomic E-state index is -1.02. The van der Waals surface area contributed by atoms with Gasteiger partial charge in [0.05, 0.1) is 50.3 Å². The molecule has 15 nitrogen and oxygen atoms in total. The summed E-state index contributed by atoms with van der Waals surface area (Å²) in [6.07, 6.45) is 1.52. The lowest BCUT2D eigenvalue weighted by molar-refractivity contribution is -0.136. The van der Waals surface area contributed by atoms with E-state index in [9.17, 15) is 24.0 Å². The lowest BCUT2D eigenvalue weighted by Crippen LogP contribution is -2.54. The number of anilines is 1. The second-order valence-electron chi connectivity index (χ2n) is 8.13. The number of aromatic nitrogens is 3. The molecule has 0 aliphatic carbocycles. The Balaban J connectivity index is 1.18. The van der Waals surface area contributed by atoms with E-state index in [1.54, 1.807) is 12.1 Å². The van der Waals surface area contributed by atoms with Crippen LogP contribution in [0, 0.1) is 0 Å². The van der Waals surface area contributed by atoms with Gasteiger partial charge in [0.2, 0.25) is 11.8 Å². The van der Waals surface area contributed by atoms with Crippen LogP contribution < -0.4 is 16.1 Å². The monoisotopic (exact) mass is 515 g/mol. The number of hydrogen-bond acceptors (Lipinski definition) is 11. The smallest absolute Gasteiger partial charge is 0.296 e. The number of ether oxygens (including phenoxy) is 2. The Hall–Kier alpha value is -4.21. The van der Waals surface area contributed by atoms with E-state index < -0.39 is 35.6 Å². The molecule has 1 unspecified atom stereocenters. The third-order valence-electron chi connectivity index (χ3n) is 5.74. The van der Waals surface area contributed by atoms with Crippen LogP contribution in [0.5, 0.6) is 0 Å². The summed E-state index contributed by atoms with van der Waals surface area (Å²) in [4.78, 5) is 61.7. The maximum atomic E-state index is 13.1. The van der Waals surface area contributed by atoms with Crippen molar-refractivity contribution in [3.63, 3.8) is 0 Å². The molecule has 196 valence electrons. The van der Waals surface area contributed by atoms with Gasteiger partial charge in [0, 0.05) is 18.7 Å². The lowest BCUT2D eigenvalue weighted by atomic mass is 10.0. The number of hydroxylamine groups is 1. The summed E-state index contributed by atoms with van der Waals surface area (Å²) >= 11 is 0. The molecule has 0 bridgehead atoms. The van der Waals surface area contributed by atoms with Gasteiger partial charge in [-0.05, 0) is 18.6 Å². The van der Waals surface area contributed by atoms with Crippen LogP contribution in [-0.4, -0.2) is 93.7 Å². The number of fused-ring (bicyclic) bond motifs is 1. The zero-order valence-corrected chi connectivity index (χ0v) is 19.6. The van der Waals surface area contributed by atoms with Crippen LogP contribution in [0.15, 0.2) is 24.4 Å². The normalized spacial score (nSPS) is 17.1. The Labute approximate surface area is 210 Å². The molecule has 3 heterocycles. The van der Waals surface area contributed by atoms with E-state index in [-0.39, 0.29) is 29.7 Å². The van der Waals surface area contributed by atoms with Crippen LogP contribution >= 0.6 is 0 Å². The molecule has 5 amide bonds. The van der Waals surface area contributed by atoms with Crippen molar-refractivity contribution in [2.45, 2.75) is 25.4 Å². The van der Waals surface area contributed by atoms with Crippen molar-refractivity contribution >= 4 is 35.2 Å². The topological polar surface area (TPSA) is 194 Å². The molecule has 15 heteroatoms. The summed E-state index contributed by atoms with van der Waals surface area (Å²) in [5.41, 5.74) is 2.30. The van der Waals surface area contributed by atoms with Crippen molar-refractivity contribution < 1.29 is 38.7 Å². The van der Waals surface area contributed by atoms with Crippen molar-refractivity contribution in [2.24, 2.45) is 0 Å². The second kappa shape index (κ2) is 11.7. The Morgan fingerprint density at radius 1 is 1.11 bits per heavy atom. The predicted octanol–water partition coefficient (Wildman–Crippen LogP) is -1.06. The van der Waals surface area contributed by atoms with Crippen molar-refractivity contribution in [1.29, 1.82) is 0 Å². The first-order chi connectivity index (χ1) is 17.9. The number of amides is 5. The number of carbonyl (C=O) groups is 5. The standard InChI is InChI=1S/C22H25N7O8/c30-17-5-4-16(20(32)24-17)29-21(33)13-2-1-3-14(18(13)22(29)34)23-6-8-36-10-11-37-9-7-28-12-15(25-27-28)19(31)26-35/h1-3,12,16,23,35H,4-11H2,(H,26,31)(H,24,30,32). The number of carbonyl (C=O) groups excluding carboxylic acids is 5. The van der Waals surface area contributed by atoms with Gasteiger partial charge in [-0.25, -0.2) is 10.2 Å². The summed E-state index contributed by atoms with van der Waals surface area (Å²) in [6.45, 7) is 1.94. The number of benzene rings is 1. The molecule has 1 fully saturated rings. The zero-order valence-electron chi connectivity index (χ0n) is 19.6. The van der Waals surface area contributed by atoms with Crippen LogP contribution in [0.2, 0.25) is 0 Å². The molecule has 4 N–H and O–H groups in total. The van der Waals surface area contributed by atoms with Crippen molar-refractivity contribution in [2.75, 3.05) is 38.3 Å². The van der Waals surface area contributed by atoms with Crippen molar-refractivity contribution in [3.05, 3.63) is 41.2 Å². The molecule has 1 aromatic heterocycles. The quantitative estimate of drug-likeness (QED) is 0.116. The van der Waals surface area contributed by atoms with Crippen LogP contribution in [-0.2, 0) is 25.6 Å². The Morgan fingerprint density at radius 2 is 1.89 bits per heavy atom. The molecule has 0 radical (unpaired) electrons. The average molecular weight is 515 g/mol. The number of nitrogens with one attached hydrogen (secondary N) is 3. The third-order valence-corrected chi connectivity index (χ3v) is 5.74. The molecule has 0 spiro atoms. The maximum Gasteiger partial charge on any atom is 0.296 e. The fourth-order valence-corrected chi connectivity index (χ4v) is 3.97. The first-order valence-electron chi connectivity index (χ1n) is 11.5. The highest BCUT2D eigenvalue weighted by molar-refractivity contribution is 6.25. The molecule has 1 aromatic carbocycles. The van der Waals surface area contributed by atoms with Gasteiger partial charge in [-0.1, -0.05) is 11.3 Å². The maximum absolute atomic E-state index is 13.1. The SMILES string of the molecule is O=C1CCC(N2C(=O)c3cccc(NCCOCCOCCn4cc(C(=O)NO)nn4)c3C2=O)C(=O)N1. The van der Waals surface area contributed by atoms with Crippen molar-refractivity contribution in [3.8, 4) is 0 Å². The number of piperidine rings is 1. The molecule has 2 aliphatic rings. The van der Waals surface area contributed by atoms with E-state index in [4.69, 9.17) is 14.7 Å². The first kappa shape index (κ1) is 25.9.